The highest BCUT2D eigenvalue weighted by Gasteiger charge is 2.33. The summed E-state index contributed by atoms with van der Waals surface area (Å²) in [5.74, 6) is 1.79. The van der Waals surface area contributed by atoms with E-state index in [0.29, 0.717) is 17.3 Å². The first-order valence-electron chi connectivity index (χ1n) is 7.12. The van der Waals surface area contributed by atoms with Crippen LogP contribution in [0.2, 0.25) is 0 Å². The first-order valence-corrected chi connectivity index (χ1v) is 7.66. The summed E-state index contributed by atoms with van der Waals surface area (Å²) in [4.78, 5) is 4.77. The number of nitrogens with zero attached hydrogens (tertiary/aromatic N) is 2. The molecule has 1 aromatic heterocycles. The zero-order valence-electron chi connectivity index (χ0n) is 11.7. The molecular weight excluding hydrogens is 256 g/mol. The summed E-state index contributed by atoms with van der Waals surface area (Å²) in [6.45, 7) is 4.74. The third-order valence-corrected chi connectivity index (χ3v) is 4.48. The van der Waals surface area contributed by atoms with Crippen LogP contribution >= 0.6 is 11.6 Å². The van der Waals surface area contributed by atoms with Gasteiger partial charge in [-0.2, -0.15) is 0 Å². The standard InChI is InChI=1S/C16H21ClN2/c1-16(2)9-7-12(11-16)19-14-6-4-3-5-13(14)18-15(19)8-10-17/h3-6,12H,7-11H2,1-2H3. The molecule has 1 saturated carbocycles. The molecule has 0 saturated heterocycles. The molecule has 1 fully saturated rings. The molecule has 2 nitrogen and oxygen atoms in total. The van der Waals surface area contributed by atoms with E-state index in [2.05, 4.69) is 42.7 Å². The Bertz CT molecular complexity index is 585. The molecule has 1 atom stereocenters. The summed E-state index contributed by atoms with van der Waals surface area (Å²) in [6.07, 6.45) is 4.64. The Morgan fingerprint density at radius 3 is 2.84 bits per heavy atom. The van der Waals surface area contributed by atoms with Gasteiger partial charge in [0, 0.05) is 18.3 Å². The number of aryl methyl sites for hydroxylation is 1. The molecule has 1 aliphatic rings. The lowest BCUT2D eigenvalue weighted by Crippen LogP contribution is -2.12. The van der Waals surface area contributed by atoms with Crippen LogP contribution in [-0.2, 0) is 6.42 Å². The van der Waals surface area contributed by atoms with Crippen molar-refractivity contribution in [2.24, 2.45) is 5.41 Å². The van der Waals surface area contributed by atoms with E-state index >= 15 is 0 Å². The Hall–Kier alpha value is -1.02. The maximum absolute atomic E-state index is 5.94. The Labute approximate surface area is 119 Å². The first kappa shape index (κ1) is 13.0. The third-order valence-electron chi connectivity index (χ3n) is 4.29. The molecule has 3 heteroatoms. The number of fused-ring (bicyclic) bond motifs is 1. The minimum Gasteiger partial charge on any atom is -0.325 e. The first-order chi connectivity index (χ1) is 9.11. The van der Waals surface area contributed by atoms with Crippen molar-refractivity contribution in [3.05, 3.63) is 30.1 Å². The lowest BCUT2D eigenvalue weighted by molar-refractivity contribution is 0.358. The van der Waals surface area contributed by atoms with Gasteiger partial charge in [0.15, 0.2) is 0 Å². The van der Waals surface area contributed by atoms with Gasteiger partial charge in [0.1, 0.15) is 5.82 Å². The lowest BCUT2D eigenvalue weighted by Gasteiger charge is -2.20. The van der Waals surface area contributed by atoms with Gasteiger partial charge in [-0.15, -0.1) is 11.6 Å². The number of aromatic nitrogens is 2. The van der Waals surface area contributed by atoms with Crippen LogP contribution in [0.15, 0.2) is 24.3 Å². The number of benzene rings is 1. The molecule has 1 unspecified atom stereocenters. The van der Waals surface area contributed by atoms with Crippen LogP contribution in [0.25, 0.3) is 11.0 Å². The Morgan fingerprint density at radius 2 is 2.16 bits per heavy atom. The molecule has 0 aliphatic heterocycles. The number of para-hydroxylation sites is 2. The second kappa shape index (κ2) is 4.82. The van der Waals surface area contributed by atoms with Crippen molar-refractivity contribution in [1.82, 2.24) is 9.55 Å². The average Bonchev–Trinajstić information content (AvgIpc) is 2.89. The maximum atomic E-state index is 5.94. The van der Waals surface area contributed by atoms with Gasteiger partial charge in [0.05, 0.1) is 11.0 Å². The molecule has 1 aliphatic carbocycles. The predicted octanol–water partition coefficient (Wildman–Crippen LogP) is 4.57. The Balaban J connectivity index is 2.07. The average molecular weight is 277 g/mol. The zero-order chi connectivity index (χ0) is 13.5. The Morgan fingerprint density at radius 1 is 1.37 bits per heavy atom. The van der Waals surface area contributed by atoms with Gasteiger partial charge >= 0.3 is 0 Å². The van der Waals surface area contributed by atoms with Gasteiger partial charge < -0.3 is 4.57 Å². The van der Waals surface area contributed by atoms with Crippen molar-refractivity contribution in [3.63, 3.8) is 0 Å². The van der Waals surface area contributed by atoms with Crippen LogP contribution in [0.3, 0.4) is 0 Å². The largest absolute Gasteiger partial charge is 0.325 e. The van der Waals surface area contributed by atoms with E-state index in [1.165, 1.54) is 24.8 Å². The SMILES string of the molecule is CC1(C)CCC(n2c(CCCl)nc3ccccc32)C1. The van der Waals surface area contributed by atoms with E-state index in [1.807, 2.05) is 0 Å². The van der Waals surface area contributed by atoms with Crippen LogP contribution < -0.4 is 0 Å². The van der Waals surface area contributed by atoms with Crippen LogP contribution in [0.5, 0.6) is 0 Å². The molecule has 0 spiro atoms. The summed E-state index contributed by atoms with van der Waals surface area (Å²) >= 11 is 5.94. The van der Waals surface area contributed by atoms with Crippen molar-refractivity contribution in [2.45, 2.75) is 45.6 Å². The highest BCUT2D eigenvalue weighted by molar-refractivity contribution is 6.17. The predicted molar refractivity (Wildman–Crippen MR) is 80.8 cm³/mol. The van der Waals surface area contributed by atoms with Crippen molar-refractivity contribution in [2.75, 3.05) is 5.88 Å². The topological polar surface area (TPSA) is 17.8 Å². The van der Waals surface area contributed by atoms with Gasteiger partial charge in [-0.1, -0.05) is 26.0 Å². The van der Waals surface area contributed by atoms with Crippen LogP contribution in [0.1, 0.15) is 45.0 Å². The van der Waals surface area contributed by atoms with E-state index in [1.54, 1.807) is 0 Å². The quantitative estimate of drug-likeness (QED) is 0.751. The number of hydrogen-bond acceptors (Lipinski definition) is 1. The monoisotopic (exact) mass is 276 g/mol. The Kier molecular flexibility index (Phi) is 3.30. The van der Waals surface area contributed by atoms with Crippen molar-refractivity contribution >= 4 is 22.6 Å². The van der Waals surface area contributed by atoms with Crippen LogP contribution in [0, 0.1) is 5.41 Å². The van der Waals surface area contributed by atoms with E-state index in [9.17, 15) is 0 Å². The molecule has 1 aromatic carbocycles. The molecule has 0 N–H and O–H groups in total. The van der Waals surface area contributed by atoms with E-state index in [0.717, 1.165) is 17.8 Å². The highest BCUT2D eigenvalue weighted by Crippen LogP contribution is 2.44. The van der Waals surface area contributed by atoms with E-state index < -0.39 is 0 Å². The molecule has 3 rings (SSSR count). The summed E-state index contributed by atoms with van der Waals surface area (Å²) in [7, 11) is 0. The fourth-order valence-electron chi connectivity index (χ4n) is 3.38. The van der Waals surface area contributed by atoms with E-state index in [4.69, 9.17) is 16.6 Å². The minimum atomic E-state index is 0.453. The maximum Gasteiger partial charge on any atom is 0.111 e. The van der Waals surface area contributed by atoms with Crippen molar-refractivity contribution < 1.29 is 0 Å². The number of alkyl halides is 1. The number of hydrogen-bond donors (Lipinski definition) is 0. The molecule has 2 aromatic rings. The number of imidazole rings is 1. The summed E-state index contributed by atoms with van der Waals surface area (Å²) in [5, 5.41) is 0. The lowest BCUT2D eigenvalue weighted by atomic mass is 9.92. The van der Waals surface area contributed by atoms with Crippen molar-refractivity contribution in [1.29, 1.82) is 0 Å². The second-order valence-electron chi connectivity index (χ2n) is 6.39. The fraction of sp³-hybridized carbons (Fsp3) is 0.562. The third kappa shape index (κ3) is 2.38. The molecule has 102 valence electrons. The molecular formula is C16H21ClN2. The van der Waals surface area contributed by atoms with Gasteiger partial charge in [0.2, 0.25) is 0 Å². The molecule has 0 amide bonds. The van der Waals surface area contributed by atoms with E-state index in [-0.39, 0.29) is 0 Å². The normalized spacial score (nSPS) is 22.2. The smallest absolute Gasteiger partial charge is 0.111 e. The molecule has 19 heavy (non-hydrogen) atoms. The molecule has 0 radical (unpaired) electrons. The highest BCUT2D eigenvalue weighted by atomic mass is 35.5. The van der Waals surface area contributed by atoms with Gasteiger partial charge in [-0.3, -0.25) is 0 Å². The van der Waals surface area contributed by atoms with Gasteiger partial charge in [0.25, 0.3) is 0 Å². The van der Waals surface area contributed by atoms with Crippen LogP contribution in [0.4, 0.5) is 0 Å². The van der Waals surface area contributed by atoms with Crippen LogP contribution in [-0.4, -0.2) is 15.4 Å². The number of halogens is 1. The zero-order valence-corrected chi connectivity index (χ0v) is 12.5. The van der Waals surface area contributed by atoms with Gasteiger partial charge in [-0.05, 0) is 36.8 Å². The molecule has 0 bridgehead atoms. The fourth-order valence-corrected chi connectivity index (χ4v) is 3.55. The second-order valence-corrected chi connectivity index (χ2v) is 6.76. The van der Waals surface area contributed by atoms with Gasteiger partial charge in [-0.25, -0.2) is 4.98 Å². The number of rotatable bonds is 3. The van der Waals surface area contributed by atoms with Crippen molar-refractivity contribution in [3.8, 4) is 0 Å². The summed E-state index contributed by atoms with van der Waals surface area (Å²) < 4.78 is 2.45. The minimum absolute atomic E-state index is 0.453. The summed E-state index contributed by atoms with van der Waals surface area (Å²) in [5.41, 5.74) is 2.83. The summed E-state index contributed by atoms with van der Waals surface area (Å²) in [6, 6.07) is 9.03. The molecule has 1 heterocycles.